The van der Waals surface area contributed by atoms with Gasteiger partial charge in [0.05, 0.1) is 6.61 Å². The van der Waals surface area contributed by atoms with Gasteiger partial charge in [0, 0.05) is 38.7 Å². The van der Waals surface area contributed by atoms with Crippen molar-refractivity contribution in [2.24, 2.45) is 10.4 Å². The maximum atomic E-state index is 5.57. The molecule has 0 amide bonds. The molecule has 0 bridgehead atoms. The van der Waals surface area contributed by atoms with Gasteiger partial charge < -0.3 is 15.0 Å². The van der Waals surface area contributed by atoms with Gasteiger partial charge in [0.1, 0.15) is 0 Å². The molecule has 2 fully saturated rings. The first kappa shape index (κ1) is 13.7. The molecule has 0 aromatic rings. The fourth-order valence-electron chi connectivity index (χ4n) is 2.99. The molecule has 2 aliphatic heterocycles. The van der Waals surface area contributed by atoms with Gasteiger partial charge in [-0.2, -0.15) is 0 Å². The summed E-state index contributed by atoms with van der Waals surface area (Å²) in [5.74, 6) is 1.08. The standard InChI is InChI=1S/C14H27N3O/c1-3-4-5-8-16-13(15-2)17-9-6-14(11-17)7-10-18-12-14/h3-12H2,1-2H3,(H,15,16). The van der Waals surface area contributed by atoms with Crippen LogP contribution < -0.4 is 5.32 Å². The molecule has 2 rings (SSSR count). The molecule has 0 saturated carbocycles. The quantitative estimate of drug-likeness (QED) is 0.472. The van der Waals surface area contributed by atoms with Crippen LogP contribution in [0.5, 0.6) is 0 Å². The van der Waals surface area contributed by atoms with Crippen molar-refractivity contribution in [2.45, 2.75) is 39.0 Å². The maximum absolute atomic E-state index is 5.57. The van der Waals surface area contributed by atoms with Crippen molar-refractivity contribution in [3.63, 3.8) is 0 Å². The molecule has 1 unspecified atom stereocenters. The Balaban J connectivity index is 1.79. The number of nitrogens with zero attached hydrogens (tertiary/aromatic N) is 2. The highest BCUT2D eigenvalue weighted by atomic mass is 16.5. The Morgan fingerprint density at radius 2 is 2.28 bits per heavy atom. The van der Waals surface area contributed by atoms with Crippen LogP contribution in [0.3, 0.4) is 0 Å². The summed E-state index contributed by atoms with van der Waals surface area (Å²) in [6.07, 6.45) is 6.27. The monoisotopic (exact) mass is 253 g/mol. The molecule has 0 radical (unpaired) electrons. The molecule has 0 aromatic carbocycles. The number of likely N-dealkylation sites (tertiary alicyclic amines) is 1. The third-order valence-electron chi connectivity index (χ3n) is 4.20. The van der Waals surface area contributed by atoms with Crippen molar-refractivity contribution in [1.29, 1.82) is 0 Å². The first-order chi connectivity index (χ1) is 8.79. The Bertz CT molecular complexity index is 285. The SMILES string of the molecule is CCCCCNC(=NC)N1CCC2(CCOC2)C1. The number of hydrogen-bond donors (Lipinski definition) is 1. The van der Waals surface area contributed by atoms with Crippen molar-refractivity contribution in [2.75, 3.05) is 39.9 Å². The number of rotatable bonds is 4. The number of nitrogens with one attached hydrogen (secondary N) is 1. The van der Waals surface area contributed by atoms with E-state index in [1.54, 1.807) is 0 Å². The molecule has 1 spiro atoms. The van der Waals surface area contributed by atoms with E-state index in [0.29, 0.717) is 5.41 Å². The summed E-state index contributed by atoms with van der Waals surface area (Å²) in [5.41, 5.74) is 0.418. The molecule has 1 N–H and O–H groups in total. The van der Waals surface area contributed by atoms with Crippen LogP contribution in [0.4, 0.5) is 0 Å². The summed E-state index contributed by atoms with van der Waals surface area (Å²) in [7, 11) is 1.89. The van der Waals surface area contributed by atoms with E-state index < -0.39 is 0 Å². The predicted molar refractivity (Wildman–Crippen MR) is 74.9 cm³/mol. The van der Waals surface area contributed by atoms with E-state index in [1.807, 2.05) is 7.05 Å². The molecule has 1 atom stereocenters. The Hall–Kier alpha value is -0.770. The van der Waals surface area contributed by atoms with E-state index in [0.717, 1.165) is 38.8 Å². The van der Waals surface area contributed by atoms with Crippen molar-refractivity contribution < 1.29 is 4.74 Å². The number of aliphatic imine (C=N–C) groups is 1. The molecule has 18 heavy (non-hydrogen) atoms. The van der Waals surface area contributed by atoms with Gasteiger partial charge in [-0.25, -0.2) is 0 Å². The van der Waals surface area contributed by atoms with Crippen LogP contribution >= 0.6 is 0 Å². The zero-order valence-electron chi connectivity index (χ0n) is 11.9. The lowest BCUT2D eigenvalue weighted by Crippen LogP contribution is -2.41. The van der Waals surface area contributed by atoms with Gasteiger partial charge in [-0.05, 0) is 19.3 Å². The lowest BCUT2D eigenvalue weighted by atomic mass is 9.87. The fraction of sp³-hybridized carbons (Fsp3) is 0.929. The zero-order chi connectivity index (χ0) is 12.8. The Kier molecular flexibility index (Phi) is 4.87. The van der Waals surface area contributed by atoms with Crippen LogP contribution in [0.2, 0.25) is 0 Å². The number of unbranched alkanes of at least 4 members (excludes halogenated alkanes) is 2. The Labute approximate surface area is 111 Å². The second-order valence-electron chi connectivity index (χ2n) is 5.66. The van der Waals surface area contributed by atoms with E-state index in [4.69, 9.17) is 4.74 Å². The van der Waals surface area contributed by atoms with Crippen LogP contribution in [0.1, 0.15) is 39.0 Å². The van der Waals surface area contributed by atoms with Crippen molar-refractivity contribution in [1.82, 2.24) is 10.2 Å². The molecule has 0 aromatic heterocycles. The summed E-state index contributed by atoms with van der Waals surface area (Å²) in [6, 6.07) is 0. The van der Waals surface area contributed by atoms with E-state index in [9.17, 15) is 0 Å². The average Bonchev–Trinajstić information content (AvgIpc) is 3.01. The minimum Gasteiger partial charge on any atom is -0.381 e. The van der Waals surface area contributed by atoms with Crippen LogP contribution in [0.15, 0.2) is 4.99 Å². The third kappa shape index (κ3) is 3.16. The van der Waals surface area contributed by atoms with Crippen LogP contribution in [0.25, 0.3) is 0 Å². The minimum absolute atomic E-state index is 0.418. The normalized spacial score (nSPS) is 28.3. The molecular weight excluding hydrogens is 226 g/mol. The summed E-state index contributed by atoms with van der Waals surface area (Å²) >= 11 is 0. The Morgan fingerprint density at radius 1 is 1.39 bits per heavy atom. The second-order valence-corrected chi connectivity index (χ2v) is 5.66. The van der Waals surface area contributed by atoms with Gasteiger partial charge in [-0.1, -0.05) is 19.8 Å². The van der Waals surface area contributed by atoms with Gasteiger partial charge in [0.15, 0.2) is 5.96 Å². The summed E-state index contributed by atoms with van der Waals surface area (Å²) in [6.45, 7) is 7.39. The van der Waals surface area contributed by atoms with E-state index >= 15 is 0 Å². The lowest BCUT2D eigenvalue weighted by Gasteiger charge is -2.24. The Morgan fingerprint density at radius 3 is 2.94 bits per heavy atom. The molecule has 2 heterocycles. The number of guanidine groups is 1. The minimum atomic E-state index is 0.418. The highest BCUT2D eigenvalue weighted by Gasteiger charge is 2.42. The van der Waals surface area contributed by atoms with E-state index in [-0.39, 0.29) is 0 Å². The first-order valence-electron chi connectivity index (χ1n) is 7.33. The molecule has 104 valence electrons. The van der Waals surface area contributed by atoms with Gasteiger partial charge in [-0.3, -0.25) is 4.99 Å². The van der Waals surface area contributed by atoms with Gasteiger partial charge in [0.2, 0.25) is 0 Å². The first-order valence-corrected chi connectivity index (χ1v) is 7.33. The molecule has 0 aliphatic carbocycles. The topological polar surface area (TPSA) is 36.9 Å². The number of ether oxygens (including phenoxy) is 1. The summed E-state index contributed by atoms with van der Waals surface area (Å²) < 4.78 is 5.57. The van der Waals surface area contributed by atoms with Crippen LogP contribution in [-0.2, 0) is 4.74 Å². The second kappa shape index (κ2) is 6.41. The van der Waals surface area contributed by atoms with Crippen LogP contribution in [0, 0.1) is 5.41 Å². The molecule has 2 aliphatic rings. The molecular formula is C14H27N3O. The third-order valence-corrected chi connectivity index (χ3v) is 4.20. The molecule has 2 saturated heterocycles. The molecule has 4 heteroatoms. The summed E-state index contributed by atoms with van der Waals surface area (Å²) in [5, 5.41) is 3.49. The largest absolute Gasteiger partial charge is 0.381 e. The van der Waals surface area contributed by atoms with Crippen molar-refractivity contribution in [3.8, 4) is 0 Å². The van der Waals surface area contributed by atoms with E-state index in [1.165, 1.54) is 32.1 Å². The van der Waals surface area contributed by atoms with Crippen molar-refractivity contribution >= 4 is 5.96 Å². The van der Waals surface area contributed by atoms with Gasteiger partial charge in [-0.15, -0.1) is 0 Å². The van der Waals surface area contributed by atoms with Crippen molar-refractivity contribution in [3.05, 3.63) is 0 Å². The molecule has 4 nitrogen and oxygen atoms in total. The summed E-state index contributed by atoms with van der Waals surface area (Å²) in [4.78, 5) is 6.82. The average molecular weight is 253 g/mol. The fourth-order valence-corrected chi connectivity index (χ4v) is 2.99. The maximum Gasteiger partial charge on any atom is 0.193 e. The number of hydrogen-bond acceptors (Lipinski definition) is 2. The highest BCUT2D eigenvalue weighted by Crippen LogP contribution is 2.38. The van der Waals surface area contributed by atoms with Crippen LogP contribution in [-0.4, -0.2) is 50.8 Å². The zero-order valence-corrected chi connectivity index (χ0v) is 11.9. The van der Waals surface area contributed by atoms with E-state index in [2.05, 4.69) is 22.1 Å². The van der Waals surface area contributed by atoms with Gasteiger partial charge in [0.25, 0.3) is 0 Å². The van der Waals surface area contributed by atoms with Gasteiger partial charge >= 0.3 is 0 Å². The smallest absolute Gasteiger partial charge is 0.193 e. The highest BCUT2D eigenvalue weighted by molar-refractivity contribution is 5.80. The lowest BCUT2D eigenvalue weighted by molar-refractivity contribution is 0.156. The predicted octanol–water partition coefficient (Wildman–Crippen LogP) is 1.86.